The van der Waals surface area contributed by atoms with Gasteiger partial charge in [0.25, 0.3) is 11.5 Å². The van der Waals surface area contributed by atoms with Crippen molar-refractivity contribution in [2.24, 2.45) is 5.92 Å². The Bertz CT molecular complexity index is 1060. The molecule has 1 amide bonds. The molecule has 3 rings (SSSR count). The number of aryl methyl sites for hydroxylation is 1. The zero-order valence-corrected chi connectivity index (χ0v) is 19.0. The minimum atomic E-state index is -0.209. The lowest BCUT2D eigenvalue weighted by molar-refractivity contribution is -0.123. The summed E-state index contributed by atoms with van der Waals surface area (Å²) < 4.78 is 2.05. The van der Waals surface area contributed by atoms with Crippen LogP contribution >= 0.6 is 24.0 Å². The van der Waals surface area contributed by atoms with Gasteiger partial charge in [-0.05, 0) is 43.9 Å². The monoisotopic (exact) mass is 430 g/mol. The zero-order valence-electron chi connectivity index (χ0n) is 17.4. The fourth-order valence-electron chi connectivity index (χ4n) is 3.00. The van der Waals surface area contributed by atoms with Crippen LogP contribution in [0, 0.1) is 12.8 Å². The average molecular weight is 431 g/mol. The van der Waals surface area contributed by atoms with Crippen molar-refractivity contribution in [2.45, 2.75) is 47.1 Å². The molecule has 154 valence electrons. The second-order valence-corrected chi connectivity index (χ2v) is 9.37. The maximum absolute atomic E-state index is 13.3. The molecule has 0 aliphatic carbocycles. The van der Waals surface area contributed by atoms with Crippen LogP contribution in [0.25, 0.3) is 11.7 Å². The number of carbonyl (C=O) groups excluding carboxylic acids is 1. The Labute approximate surface area is 180 Å². The number of amides is 1. The SMILES string of the molecule is CCC(C)N1C(=O)/C(=C\c2c(NCC(C)C)nc3ccc(C)cn3c2=O)SC1=S. The summed E-state index contributed by atoms with van der Waals surface area (Å²) in [5, 5.41) is 3.27. The summed E-state index contributed by atoms with van der Waals surface area (Å²) in [5.41, 5.74) is 1.69. The smallest absolute Gasteiger partial charge is 0.267 e. The summed E-state index contributed by atoms with van der Waals surface area (Å²) in [6, 6.07) is 3.76. The number of hydrogen-bond acceptors (Lipinski definition) is 6. The zero-order chi connectivity index (χ0) is 21.3. The molecular formula is C21H26N4O2S2. The summed E-state index contributed by atoms with van der Waals surface area (Å²) in [4.78, 5) is 32.9. The molecule has 1 saturated heterocycles. The molecule has 6 nitrogen and oxygen atoms in total. The first kappa shape index (κ1) is 21.5. The minimum absolute atomic E-state index is 0.0189. The van der Waals surface area contributed by atoms with Crippen LogP contribution in [-0.4, -0.2) is 37.1 Å². The van der Waals surface area contributed by atoms with E-state index in [9.17, 15) is 9.59 Å². The summed E-state index contributed by atoms with van der Waals surface area (Å²) in [6.45, 7) is 10.8. The fourth-order valence-corrected chi connectivity index (χ4v) is 4.44. The highest BCUT2D eigenvalue weighted by molar-refractivity contribution is 8.26. The highest BCUT2D eigenvalue weighted by Crippen LogP contribution is 2.34. The number of rotatable bonds is 6. The lowest BCUT2D eigenvalue weighted by Gasteiger charge is -2.21. The average Bonchev–Trinajstić information content (AvgIpc) is 2.95. The summed E-state index contributed by atoms with van der Waals surface area (Å²) in [7, 11) is 0. The topological polar surface area (TPSA) is 66.7 Å². The minimum Gasteiger partial charge on any atom is -0.369 e. The van der Waals surface area contributed by atoms with E-state index in [-0.39, 0.29) is 17.5 Å². The van der Waals surface area contributed by atoms with Gasteiger partial charge >= 0.3 is 0 Å². The van der Waals surface area contributed by atoms with Crippen molar-refractivity contribution in [1.82, 2.24) is 14.3 Å². The highest BCUT2D eigenvalue weighted by Gasteiger charge is 2.35. The molecule has 0 bridgehead atoms. The predicted octanol–water partition coefficient (Wildman–Crippen LogP) is 4.07. The molecule has 1 unspecified atom stereocenters. The van der Waals surface area contributed by atoms with Gasteiger partial charge in [0.05, 0.1) is 10.5 Å². The van der Waals surface area contributed by atoms with Crippen molar-refractivity contribution in [1.29, 1.82) is 0 Å². The number of aromatic nitrogens is 2. The largest absolute Gasteiger partial charge is 0.369 e. The maximum Gasteiger partial charge on any atom is 0.267 e. The molecule has 0 aromatic carbocycles. The third-order valence-electron chi connectivity index (χ3n) is 4.81. The van der Waals surface area contributed by atoms with Crippen molar-refractivity contribution in [3.8, 4) is 0 Å². The molecule has 2 aromatic rings. The normalized spacial score (nSPS) is 17.0. The van der Waals surface area contributed by atoms with Gasteiger partial charge in [0.1, 0.15) is 15.8 Å². The van der Waals surface area contributed by atoms with Crippen LogP contribution in [-0.2, 0) is 4.79 Å². The molecule has 0 saturated carbocycles. The van der Waals surface area contributed by atoms with Crippen molar-refractivity contribution in [2.75, 3.05) is 11.9 Å². The molecule has 2 aromatic heterocycles. The molecule has 8 heteroatoms. The van der Waals surface area contributed by atoms with Gasteiger partial charge in [-0.15, -0.1) is 0 Å². The van der Waals surface area contributed by atoms with Crippen molar-refractivity contribution < 1.29 is 4.79 Å². The van der Waals surface area contributed by atoms with Gasteiger partial charge in [-0.25, -0.2) is 4.98 Å². The van der Waals surface area contributed by atoms with E-state index in [1.807, 2.05) is 32.9 Å². The van der Waals surface area contributed by atoms with Gasteiger partial charge < -0.3 is 5.32 Å². The summed E-state index contributed by atoms with van der Waals surface area (Å²) in [6.07, 6.45) is 4.20. The van der Waals surface area contributed by atoms with E-state index in [0.717, 1.165) is 12.0 Å². The van der Waals surface area contributed by atoms with E-state index >= 15 is 0 Å². The number of nitrogens with zero attached hydrogens (tertiary/aromatic N) is 3. The predicted molar refractivity (Wildman–Crippen MR) is 124 cm³/mol. The van der Waals surface area contributed by atoms with Crippen LogP contribution in [0.1, 0.15) is 45.2 Å². The Morgan fingerprint density at radius 1 is 1.28 bits per heavy atom. The van der Waals surface area contributed by atoms with Crippen molar-refractivity contribution in [3.63, 3.8) is 0 Å². The van der Waals surface area contributed by atoms with E-state index < -0.39 is 0 Å². The number of thioether (sulfide) groups is 1. The van der Waals surface area contributed by atoms with Crippen molar-refractivity contribution in [3.05, 3.63) is 44.7 Å². The first-order valence-electron chi connectivity index (χ1n) is 9.76. The molecule has 0 radical (unpaired) electrons. The first-order valence-corrected chi connectivity index (χ1v) is 11.0. The first-order chi connectivity index (χ1) is 13.7. The standard InChI is InChI=1S/C21H26N4O2S2/c1-6-14(5)25-20(27)16(29-21(25)28)9-15-18(22-10-12(2)3)23-17-8-7-13(4)11-24(17)19(15)26/h7-9,11-12,14,22H,6,10H2,1-5H3/b16-9+. The number of anilines is 1. The molecule has 1 atom stereocenters. The maximum atomic E-state index is 13.3. The van der Waals surface area contributed by atoms with Gasteiger partial charge in [-0.3, -0.25) is 18.9 Å². The molecule has 1 aliphatic heterocycles. The van der Waals surface area contributed by atoms with Crippen LogP contribution in [0.3, 0.4) is 0 Å². The second-order valence-electron chi connectivity index (χ2n) is 7.70. The molecule has 1 aliphatic rings. The lowest BCUT2D eigenvalue weighted by atomic mass is 10.2. The Morgan fingerprint density at radius 2 is 2.00 bits per heavy atom. The Kier molecular flexibility index (Phi) is 6.43. The van der Waals surface area contributed by atoms with Crippen LogP contribution in [0.4, 0.5) is 5.82 Å². The van der Waals surface area contributed by atoms with E-state index in [1.165, 1.54) is 16.2 Å². The third kappa shape index (κ3) is 4.38. The quantitative estimate of drug-likeness (QED) is 0.550. The molecule has 29 heavy (non-hydrogen) atoms. The molecule has 1 fully saturated rings. The van der Waals surface area contributed by atoms with Gasteiger partial charge in [-0.2, -0.15) is 0 Å². The van der Waals surface area contributed by atoms with Crippen LogP contribution in [0.5, 0.6) is 0 Å². The molecule has 1 N–H and O–H groups in total. The number of nitrogens with one attached hydrogen (secondary N) is 1. The number of fused-ring (bicyclic) bond motifs is 1. The number of hydrogen-bond donors (Lipinski definition) is 1. The lowest BCUT2D eigenvalue weighted by Crippen LogP contribution is -2.36. The van der Waals surface area contributed by atoms with Crippen LogP contribution < -0.4 is 10.9 Å². The van der Waals surface area contributed by atoms with Gasteiger partial charge in [0.15, 0.2) is 0 Å². The fraction of sp³-hybridized carbons (Fsp3) is 0.429. The second kappa shape index (κ2) is 8.67. The summed E-state index contributed by atoms with van der Waals surface area (Å²) >= 11 is 6.65. The van der Waals surface area contributed by atoms with Crippen molar-refractivity contribution >= 4 is 51.7 Å². The Balaban J connectivity index is 2.14. The van der Waals surface area contributed by atoms with Gasteiger partial charge in [-0.1, -0.05) is 50.8 Å². The Morgan fingerprint density at radius 3 is 2.66 bits per heavy atom. The molecular weight excluding hydrogens is 404 g/mol. The summed E-state index contributed by atoms with van der Waals surface area (Å²) in [5.74, 6) is 0.712. The van der Waals surface area contributed by atoms with E-state index in [1.54, 1.807) is 17.2 Å². The molecule has 3 heterocycles. The van der Waals surface area contributed by atoms with E-state index in [2.05, 4.69) is 24.1 Å². The highest BCUT2D eigenvalue weighted by atomic mass is 32.2. The van der Waals surface area contributed by atoms with E-state index in [4.69, 9.17) is 12.2 Å². The van der Waals surface area contributed by atoms with Gasteiger partial charge in [0, 0.05) is 18.8 Å². The number of thiocarbonyl (C=S) groups is 1. The van der Waals surface area contributed by atoms with Gasteiger partial charge in [0.2, 0.25) is 0 Å². The number of pyridine rings is 1. The van der Waals surface area contributed by atoms with Crippen LogP contribution in [0.2, 0.25) is 0 Å². The van der Waals surface area contributed by atoms with E-state index in [0.29, 0.717) is 38.7 Å². The van der Waals surface area contributed by atoms with Crippen LogP contribution in [0.15, 0.2) is 28.0 Å². The molecule has 0 spiro atoms. The Hall–Kier alpha value is -2.19. The third-order valence-corrected chi connectivity index (χ3v) is 6.14. The number of carbonyl (C=O) groups is 1.